The molecule has 1 aromatic carbocycles. The Bertz CT molecular complexity index is 537. The predicted molar refractivity (Wildman–Crippen MR) is 57.3 cm³/mol. The second-order valence-corrected chi connectivity index (χ2v) is 3.59. The Morgan fingerprint density at radius 3 is 2.71 bits per heavy atom. The summed E-state index contributed by atoms with van der Waals surface area (Å²) in [7, 11) is 1.75. The van der Waals surface area contributed by atoms with Crippen LogP contribution in [0, 0.1) is 0 Å². The van der Waals surface area contributed by atoms with E-state index in [0.29, 0.717) is 23.3 Å². The SMILES string of the molecule is CNCc1ncc2cc(C(F)(F)F)ccc2n1. The van der Waals surface area contributed by atoms with Crippen LogP contribution in [0.2, 0.25) is 0 Å². The maximum atomic E-state index is 12.5. The van der Waals surface area contributed by atoms with Gasteiger partial charge in [0.15, 0.2) is 0 Å². The third kappa shape index (κ3) is 2.52. The summed E-state index contributed by atoms with van der Waals surface area (Å²) in [5.74, 6) is 0.555. The number of alkyl halides is 3. The van der Waals surface area contributed by atoms with Crippen molar-refractivity contribution in [3.63, 3.8) is 0 Å². The second kappa shape index (κ2) is 4.29. The normalized spacial score (nSPS) is 12.0. The second-order valence-electron chi connectivity index (χ2n) is 3.59. The Labute approximate surface area is 95.7 Å². The van der Waals surface area contributed by atoms with Gasteiger partial charge >= 0.3 is 6.18 Å². The van der Waals surface area contributed by atoms with Gasteiger partial charge in [-0.2, -0.15) is 13.2 Å². The summed E-state index contributed by atoms with van der Waals surface area (Å²) in [5.41, 5.74) is -0.173. The molecule has 0 aliphatic carbocycles. The quantitative estimate of drug-likeness (QED) is 0.877. The lowest BCUT2D eigenvalue weighted by Crippen LogP contribution is -2.09. The summed E-state index contributed by atoms with van der Waals surface area (Å²) in [6.07, 6.45) is -2.93. The van der Waals surface area contributed by atoms with Crippen molar-refractivity contribution in [3.8, 4) is 0 Å². The van der Waals surface area contributed by atoms with Crippen molar-refractivity contribution >= 4 is 10.9 Å². The van der Waals surface area contributed by atoms with Gasteiger partial charge in [0.2, 0.25) is 0 Å². The van der Waals surface area contributed by atoms with E-state index in [1.54, 1.807) is 7.05 Å². The number of hydrogen-bond donors (Lipinski definition) is 1. The molecule has 0 bridgehead atoms. The molecule has 0 saturated carbocycles. The maximum Gasteiger partial charge on any atom is 0.416 e. The van der Waals surface area contributed by atoms with E-state index >= 15 is 0 Å². The lowest BCUT2D eigenvalue weighted by atomic mass is 10.1. The van der Waals surface area contributed by atoms with Gasteiger partial charge in [-0.05, 0) is 25.2 Å². The zero-order valence-electron chi connectivity index (χ0n) is 9.04. The molecule has 0 radical (unpaired) electrons. The molecule has 2 aromatic rings. The zero-order valence-corrected chi connectivity index (χ0v) is 9.04. The smallest absolute Gasteiger partial charge is 0.313 e. The van der Waals surface area contributed by atoms with Crippen molar-refractivity contribution in [2.75, 3.05) is 7.05 Å². The minimum Gasteiger partial charge on any atom is -0.313 e. The molecular weight excluding hydrogens is 231 g/mol. The van der Waals surface area contributed by atoms with Gasteiger partial charge in [-0.15, -0.1) is 0 Å². The highest BCUT2D eigenvalue weighted by atomic mass is 19.4. The topological polar surface area (TPSA) is 37.8 Å². The predicted octanol–water partition coefficient (Wildman–Crippen LogP) is 2.37. The molecule has 0 unspecified atom stereocenters. The molecule has 2 rings (SSSR count). The monoisotopic (exact) mass is 241 g/mol. The third-order valence-corrected chi connectivity index (χ3v) is 2.29. The van der Waals surface area contributed by atoms with Gasteiger partial charge < -0.3 is 5.32 Å². The third-order valence-electron chi connectivity index (χ3n) is 2.29. The van der Waals surface area contributed by atoms with E-state index in [0.717, 1.165) is 12.1 Å². The number of aromatic nitrogens is 2. The van der Waals surface area contributed by atoms with E-state index in [2.05, 4.69) is 15.3 Å². The van der Waals surface area contributed by atoms with E-state index in [1.807, 2.05) is 0 Å². The van der Waals surface area contributed by atoms with Gasteiger partial charge in [0.1, 0.15) is 5.82 Å². The fraction of sp³-hybridized carbons (Fsp3) is 0.273. The van der Waals surface area contributed by atoms with Crippen LogP contribution in [0.5, 0.6) is 0 Å². The Kier molecular flexibility index (Phi) is 2.97. The molecule has 17 heavy (non-hydrogen) atoms. The number of halogens is 3. The van der Waals surface area contributed by atoms with Crippen LogP contribution in [0.15, 0.2) is 24.4 Å². The minimum atomic E-state index is -4.34. The van der Waals surface area contributed by atoms with E-state index < -0.39 is 11.7 Å². The fourth-order valence-electron chi connectivity index (χ4n) is 1.49. The maximum absolute atomic E-state index is 12.5. The summed E-state index contributed by atoms with van der Waals surface area (Å²) in [5, 5.41) is 3.27. The molecule has 0 spiro atoms. The molecule has 1 N–H and O–H groups in total. The molecule has 0 saturated heterocycles. The summed E-state index contributed by atoms with van der Waals surface area (Å²) < 4.78 is 37.4. The van der Waals surface area contributed by atoms with Crippen molar-refractivity contribution in [3.05, 3.63) is 35.8 Å². The van der Waals surface area contributed by atoms with Gasteiger partial charge in [0.05, 0.1) is 17.6 Å². The average Bonchev–Trinajstić information content (AvgIpc) is 2.27. The van der Waals surface area contributed by atoms with Crippen LogP contribution in [0.25, 0.3) is 10.9 Å². The van der Waals surface area contributed by atoms with Gasteiger partial charge in [0.25, 0.3) is 0 Å². The Hall–Kier alpha value is -1.69. The highest BCUT2D eigenvalue weighted by Crippen LogP contribution is 2.30. The molecule has 1 aromatic heterocycles. The Morgan fingerprint density at radius 2 is 2.06 bits per heavy atom. The molecule has 6 heteroatoms. The summed E-state index contributed by atoms with van der Waals surface area (Å²) in [6.45, 7) is 0.483. The standard InChI is InChI=1S/C11H10F3N3/c1-15-6-10-16-5-7-4-8(11(12,13)14)2-3-9(7)17-10/h2-5,15H,6H2,1H3. The van der Waals surface area contributed by atoms with E-state index in [9.17, 15) is 13.2 Å². The van der Waals surface area contributed by atoms with E-state index in [4.69, 9.17) is 0 Å². The minimum absolute atomic E-state index is 0.389. The molecule has 0 fully saturated rings. The van der Waals surface area contributed by atoms with E-state index in [-0.39, 0.29) is 0 Å². The molecule has 1 heterocycles. The summed E-state index contributed by atoms with van der Waals surface area (Å²) in [6, 6.07) is 3.44. The molecule has 0 aliphatic rings. The van der Waals surface area contributed by atoms with Crippen LogP contribution in [0.1, 0.15) is 11.4 Å². The van der Waals surface area contributed by atoms with Gasteiger partial charge in [-0.3, -0.25) is 0 Å². The highest BCUT2D eigenvalue weighted by molar-refractivity contribution is 5.78. The summed E-state index contributed by atoms with van der Waals surface area (Å²) in [4.78, 5) is 8.13. The Morgan fingerprint density at radius 1 is 1.29 bits per heavy atom. The molecule has 0 aliphatic heterocycles. The van der Waals surface area contributed by atoms with Crippen molar-refractivity contribution < 1.29 is 13.2 Å². The largest absolute Gasteiger partial charge is 0.416 e. The number of rotatable bonds is 2. The van der Waals surface area contributed by atoms with Crippen molar-refractivity contribution in [1.82, 2.24) is 15.3 Å². The van der Waals surface area contributed by atoms with Crippen molar-refractivity contribution in [2.24, 2.45) is 0 Å². The first-order chi connectivity index (χ1) is 8.00. The molecular formula is C11H10F3N3. The van der Waals surface area contributed by atoms with Crippen molar-refractivity contribution in [2.45, 2.75) is 12.7 Å². The van der Waals surface area contributed by atoms with Crippen LogP contribution in [-0.2, 0) is 12.7 Å². The van der Waals surface area contributed by atoms with Crippen LogP contribution in [0.3, 0.4) is 0 Å². The number of nitrogens with zero attached hydrogens (tertiary/aromatic N) is 2. The lowest BCUT2D eigenvalue weighted by Gasteiger charge is -2.07. The highest BCUT2D eigenvalue weighted by Gasteiger charge is 2.30. The van der Waals surface area contributed by atoms with Crippen LogP contribution < -0.4 is 5.32 Å². The molecule has 0 atom stereocenters. The fourth-order valence-corrected chi connectivity index (χ4v) is 1.49. The number of fused-ring (bicyclic) bond motifs is 1. The zero-order chi connectivity index (χ0) is 12.5. The first kappa shape index (κ1) is 11.8. The molecule has 90 valence electrons. The van der Waals surface area contributed by atoms with Gasteiger partial charge in [-0.1, -0.05) is 0 Å². The lowest BCUT2D eigenvalue weighted by molar-refractivity contribution is -0.137. The number of nitrogens with one attached hydrogen (secondary N) is 1. The van der Waals surface area contributed by atoms with E-state index in [1.165, 1.54) is 12.3 Å². The first-order valence-corrected chi connectivity index (χ1v) is 4.98. The van der Waals surface area contributed by atoms with Crippen LogP contribution >= 0.6 is 0 Å². The summed E-state index contributed by atoms with van der Waals surface area (Å²) >= 11 is 0. The Balaban J connectivity index is 2.47. The van der Waals surface area contributed by atoms with Crippen LogP contribution in [0.4, 0.5) is 13.2 Å². The van der Waals surface area contributed by atoms with Crippen LogP contribution in [-0.4, -0.2) is 17.0 Å². The van der Waals surface area contributed by atoms with Gasteiger partial charge in [-0.25, -0.2) is 9.97 Å². The average molecular weight is 241 g/mol. The van der Waals surface area contributed by atoms with Gasteiger partial charge in [0, 0.05) is 11.6 Å². The number of hydrogen-bond acceptors (Lipinski definition) is 3. The molecule has 0 amide bonds. The van der Waals surface area contributed by atoms with Crippen molar-refractivity contribution in [1.29, 1.82) is 0 Å². The molecule has 3 nitrogen and oxygen atoms in total. The first-order valence-electron chi connectivity index (χ1n) is 4.98. The number of benzene rings is 1.